The topological polar surface area (TPSA) is 143 Å². The summed E-state index contributed by atoms with van der Waals surface area (Å²) in [5.41, 5.74) is 0.886. The lowest BCUT2D eigenvalue weighted by Gasteiger charge is -2.25. The number of nitrogens with zero attached hydrogens (tertiary/aromatic N) is 1. The third-order valence-electron chi connectivity index (χ3n) is 7.22. The number of benzene rings is 3. The van der Waals surface area contributed by atoms with Crippen LogP contribution in [0.15, 0.2) is 107 Å². The molecule has 0 radical (unpaired) electrons. The minimum absolute atomic E-state index is 0.0104. The van der Waals surface area contributed by atoms with Gasteiger partial charge in [0.2, 0.25) is 0 Å². The molecule has 1 aliphatic rings. The summed E-state index contributed by atoms with van der Waals surface area (Å²) >= 11 is 0. The monoisotopic (exact) mass is 612 g/mol. The van der Waals surface area contributed by atoms with Gasteiger partial charge >= 0.3 is 23.6 Å². The fourth-order valence-corrected chi connectivity index (χ4v) is 5.01. The number of aryl methyl sites for hydroxylation is 1. The van der Waals surface area contributed by atoms with Gasteiger partial charge in [-0.05, 0) is 23.6 Å². The van der Waals surface area contributed by atoms with Crippen molar-refractivity contribution in [1.82, 2.24) is 9.55 Å². The highest BCUT2D eigenvalue weighted by Gasteiger charge is 2.51. The van der Waals surface area contributed by atoms with Crippen molar-refractivity contribution in [3.05, 3.63) is 140 Å². The lowest BCUT2D eigenvalue weighted by atomic mass is 10.1. The van der Waals surface area contributed by atoms with E-state index >= 15 is 0 Å². The molecule has 5 rings (SSSR count). The van der Waals surface area contributed by atoms with Gasteiger partial charge in [0.15, 0.2) is 18.4 Å². The van der Waals surface area contributed by atoms with E-state index in [-0.39, 0.29) is 31.4 Å². The Bertz CT molecular complexity index is 1740. The maximum atomic E-state index is 13.2. The van der Waals surface area contributed by atoms with Crippen LogP contribution in [-0.2, 0) is 52.6 Å². The molecule has 1 aliphatic heterocycles. The first-order valence-corrected chi connectivity index (χ1v) is 14.4. The first-order chi connectivity index (χ1) is 21.8. The smallest absolute Gasteiger partial charge is 0.330 e. The molecule has 0 unspecified atom stereocenters. The van der Waals surface area contributed by atoms with Crippen LogP contribution >= 0.6 is 0 Å². The van der Waals surface area contributed by atoms with E-state index in [4.69, 9.17) is 18.9 Å². The normalized spacial score (nSPS) is 19.0. The number of aromatic amines is 1. The van der Waals surface area contributed by atoms with Crippen LogP contribution in [0.1, 0.15) is 28.5 Å². The molecular formula is C34H32N2O9. The zero-order chi connectivity index (χ0) is 31.8. The molecule has 1 fully saturated rings. The second kappa shape index (κ2) is 14.5. The van der Waals surface area contributed by atoms with Gasteiger partial charge in [-0.25, -0.2) is 4.79 Å². The Labute approximate surface area is 258 Å². The van der Waals surface area contributed by atoms with Gasteiger partial charge in [-0.2, -0.15) is 0 Å². The van der Waals surface area contributed by atoms with E-state index < -0.39 is 53.7 Å². The summed E-state index contributed by atoms with van der Waals surface area (Å²) < 4.78 is 24.5. The van der Waals surface area contributed by atoms with Crippen molar-refractivity contribution in [2.45, 2.75) is 50.7 Å². The zero-order valence-electron chi connectivity index (χ0n) is 24.5. The number of H-pyrrole nitrogens is 1. The number of hydrogen-bond donors (Lipinski definition) is 1. The molecule has 0 amide bonds. The summed E-state index contributed by atoms with van der Waals surface area (Å²) in [4.78, 5) is 66.4. The molecule has 0 saturated carbocycles. The van der Waals surface area contributed by atoms with Crippen molar-refractivity contribution in [3.63, 3.8) is 0 Å². The number of carbonyl (C=O) groups excluding carboxylic acids is 3. The summed E-state index contributed by atoms with van der Waals surface area (Å²) in [6, 6.07) is 26.8. The molecule has 11 nitrogen and oxygen atoms in total. The Balaban J connectivity index is 1.44. The quantitative estimate of drug-likeness (QED) is 0.200. The molecule has 0 aliphatic carbocycles. The minimum atomic E-state index is -1.33. The molecule has 2 heterocycles. The van der Waals surface area contributed by atoms with E-state index in [9.17, 15) is 24.0 Å². The highest BCUT2D eigenvalue weighted by molar-refractivity contribution is 5.74. The first kappa shape index (κ1) is 31.1. The average Bonchev–Trinajstić information content (AvgIpc) is 3.35. The maximum absolute atomic E-state index is 13.2. The van der Waals surface area contributed by atoms with Gasteiger partial charge in [0.05, 0.1) is 19.3 Å². The van der Waals surface area contributed by atoms with Gasteiger partial charge < -0.3 is 18.9 Å². The number of esters is 3. The third-order valence-corrected chi connectivity index (χ3v) is 7.22. The first-order valence-electron chi connectivity index (χ1n) is 14.4. The van der Waals surface area contributed by atoms with Crippen LogP contribution in [0.5, 0.6) is 0 Å². The van der Waals surface area contributed by atoms with E-state index in [1.54, 1.807) is 72.8 Å². The van der Waals surface area contributed by atoms with Crippen LogP contribution in [-0.4, -0.2) is 52.4 Å². The number of ether oxygens (including phenoxy) is 4. The number of rotatable bonds is 11. The third kappa shape index (κ3) is 8.21. The second-order valence-corrected chi connectivity index (χ2v) is 10.6. The molecule has 4 aromatic rings. The second-order valence-electron chi connectivity index (χ2n) is 10.6. The molecule has 1 saturated heterocycles. The lowest BCUT2D eigenvalue weighted by molar-refractivity contribution is -0.168. The van der Waals surface area contributed by atoms with Crippen LogP contribution in [0.2, 0.25) is 0 Å². The average molecular weight is 613 g/mol. The summed E-state index contributed by atoms with van der Waals surface area (Å²) in [7, 11) is 0. The fraction of sp³-hybridized carbons (Fsp3) is 0.265. The Hall–Kier alpha value is -5.29. The molecule has 0 spiro atoms. The maximum Gasteiger partial charge on any atom is 0.330 e. The van der Waals surface area contributed by atoms with Crippen molar-refractivity contribution in [1.29, 1.82) is 0 Å². The molecule has 1 N–H and O–H groups in total. The number of nitrogens with one attached hydrogen (secondary N) is 1. The van der Waals surface area contributed by atoms with Crippen molar-refractivity contribution >= 4 is 17.9 Å². The highest BCUT2D eigenvalue weighted by atomic mass is 16.7. The summed E-state index contributed by atoms with van der Waals surface area (Å²) in [5, 5.41) is 0. The lowest BCUT2D eigenvalue weighted by Crippen LogP contribution is -2.43. The van der Waals surface area contributed by atoms with Gasteiger partial charge in [-0.3, -0.25) is 28.7 Å². The molecule has 0 bridgehead atoms. The van der Waals surface area contributed by atoms with E-state index in [2.05, 4.69) is 4.98 Å². The molecule has 11 heteroatoms. The van der Waals surface area contributed by atoms with Crippen LogP contribution in [0.3, 0.4) is 0 Å². The molecule has 232 valence electrons. The predicted octanol–water partition coefficient (Wildman–Crippen LogP) is 2.84. The van der Waals surface area contributed by atoms with Gasteiger partial charge in [-0.1, -0.05) is 91.0 Å². The molecule has 1 aromatic heterocycles. The Morgan fingerprint density at radius 2 is 1.18 bits per heavy atom. The molecule has 4 atom stereocenters. The van der Waals surface area contributed by atoms with Gasteiger partial charge in [0.25, 0.3) is 5.56 Å². The Morgan fingerprint density at radius 1 is 0.711 bits per heavy atom. The van der Waals surface area contributed by atoms with Crippen molar-refractivity contribution in [2.24, 2.45) is 0 Å². The summed E-state index contributed by atoms with van der Waals surface area (Å²) in [6.07, 6.45) is -3.98. The SMILES string of the molecule is Cc1cn([C@@H]2O[C@H](COC(=O)Cc3ccccc3)[C@@H](OC(=O)Cc3ccccc3)[C@H]2OC(=O)Cc2ccccc2)c(=O)[nH]c1=O. The largest absolute Gasteiger partial charge is 0.463 e. The number of aromatic nitrogens is 2. The fourth-order valence-electron chi connectivity index (χ4n) is 5.01. The van der Waals surface area contributed by atoms with Gasteiger partial charge in [0.1, 0.15) is 12.7 Å². The Kier molecular flexibility index (Phi) is 10.0. The zero-order valence-corrected chi connectivity index (χ0v) is 24.5. The van der Waals surface area contributed by atoms with Crippen molar-refractivity contribution in [2.75, 3.05) is 6.61 Å². The summed E-state index contributed by atoms with van der Waals surface area (Å²) in [5.74, 6) is -1.87. The Morgan fingerprint density at radius 3 is 1.69 bits per heavy atom. The van der Waals surface area contributed by atoms with E-state index in [1.165, 1.54) is 13.1 Å². The van der Waals surface area contributed by atoms with Crippen molar-refractivity contribution in [3.8, 4) is 0 Å². The van der Waals surface area contributed by atoms with E-state index in [0.717, 1.165) is 10.1 Å². The predicted molar refractivity (Wildman–Crippen MR) is 161 cm³/mol. The number of hydrogen-bond acceptors (Lipinski definition) is 9. The van der Waals surface area contributed by atoms with Crippen LogP contribution < -0.4 is 11.2 Å². The van der Waals surface area contributed by atoms with Gasteiger partial charge in [0, 0.05) is 11.8 Å². The van der Waals surface area contributed by atoms with Crippen molar-refractivity contribution < 1.29 is 33.3 Å². The van der Waals surface area contributed by atoms with Crippen LogP contribution in [0.4, 0.5) is 0 Å². The summed E-state index contributed by atoms with van der Waals surface area (Å²) in [6.45, 7) is 1.13. The highest BCUT2D eigenvalue weighted by Crippen LogP contribution is 2.34. The standard InChI is InChI=1S/C34H32N2O9/c1-22-20-36(34(41)35-32(22)40)33-31(45-29(39)19-25-15-9-4-10-16-25)30(44-28(38)18-24-13-7-3-8-14-24)26(43-33)21-42-27(37)17-23-11-5-2-6-12-23/h2-16,20,26,30-31,33H,17-19,21H2,1H3,(H,35,40,41)/t26-,30-,31-,33-/m1/s1. The van der Waals surface area contributed by atoms with Crippen LogP contribution in [0.25, 0.3) is 0 Å². The van der Waals surface area contributed by atoms with Gasteiger partial charge in [-0.15, -0.1) is 0 Å². The molecule has 45 heavy (non-hydrogen) atoms. The molecule has 3 aromatic carbocycles. The van der Waals surface area contributed by atoms with Crippen LogP contribution in [0, 0.1) is 6.92 Å². The van der Waals surface area contributed by atoms with E-state index in [1.807, 2.05) is 18.2 Å². The minimum Gasteiger partial charge on any atom is -0.463 e. The number of carbonyl (C=O) groups is 3. The van der Waals surface area contributed by atoms with E-state index in [0.29, 0.717) is 11.1 Å². The molecular weight excluding hydrogens is 580 g/mol.